The molecule has 5 atom stereocenters. The third-order valence-corrected chi connectivity index (χ3v) is 13.2. The number of amides is 12. The van der Waals surface area contributed by atoms with Crippen LogP contribution in [0.15, 0.2) is 23.1 Å². The molecular formula is C47H74N12O14S2. The summed E-state index contributed by atoms with van der Waals surface area (Å²) in [6.07, 6.45) is 7.01. The number of carbonyl (C=O) groups is 12. The minimum absolute atomic E-state index is 0.0227. The highest BCUT2D eigenvalue weighted by Gasteiger charge is 2.30. The fourth-order valence-electron chi connectivity index (χ4n) is 7.21. The van der Waals surface area contributed by atoms with Crippen LogP contribution in [0, 0.1) is 0 Å². The summed E-state index contributed by atoms with van der Waals surface area (Å²) in [6, 6.07) is -4.36. The van der Waals surface area contributed by atoms with Crippen molar-refractivity contribution in [2.24, 2.45) is 11.5 Å². The van der Waals surface area contributed by atoms with Crippen LogP contribution < -0.4 is 54.0 Å². The molecular weight excluding hydrogens is 1020 g/mol. The molecule has 1 aliphatic heterocycles. The van der Waals surface area contributed by atoms with Gasteiger partial charge in [0.2, 0.25) is 65.0 Å². The Morgan fingerprint density at radius 1 is 0.573 bits per heavy atom. The smallest absolute Gasteiger partial charge is 0.253 e. The molecule has 0 aromatic carbocycles. The Morgan fingerprint density at radius 2 is 1.03 bits per heavy atom. The van der Waals surface area contributed by atoms with Gasteiger partial charge in [-0.15, -0.1) is 11.8 Å². The van der Waals surface area contributed by atoms with E-state index in [0.717, 1.165) is 33.4 Å². The summed E-state index contributed by atoms with van der Waals surface area (Å²) in [7, 11) is 0. The van der Waals surface area contributed by atoms with Crippen molar-refractivity contribution in [1.82, 2.24) is 52.0 Å². The molecule has 2 rings (SSSR count). The lowest BCUT2D eigenvalue weighted by Gasteiger charge is -2.24. The van der Waals surface area contributed by atoms with Gasteiger partial charge in [0.05, 0.1) is 4.90 Å². The first kappa shape index (κ1) is 64.3. The number of carbonyl (C=O) groups excluding carboxylic acids is 12. The standard InChI is InChI=1S/C47H74N12O14S2/c1-5-35(61)50-20-11-8-14-30(54-36(62)6-2)44(70)55-29(42(48)68)13-7-10-21-52-38(64)19-24-59-41(67)25-34(47(59)73)75-27-33(53-28(3)60)46(72)56-31(45(71)57-32(26-74-4)43(49)69)15-9-12-22-51-37(63)18-23-58-39(65)16-17-40(58)66/h16-17,25,29-33,67,73H,5-15,18-24,26-27H2,1-4H3,(H2,48,68)(H2,49,69)(H,50,61)(H,51,63)(H,52,64)(H,53,60)(H,54,62)(H,55,70)(H,56,72)(H,57,71). The van der Waals surface area contributed by atoms with Crippen LogP contribution in [0.3, 0.4) is 0 Å². The molecule has 0 spiro atoms. The molecule has 5 unspecified atom stereocenters. The van der Waals surface area contributed by atoms with Gasteiger partial charge >= 0.3 is 0 Å². The number of rotatable bonds is 38. The molecule has 418 valence electrons. The summed E-state index contributed by atoms with van der Waals surface area (Å²) >= 11 is 2.13. The van der Waals surface area contributed by atoms with E-state index in [1.807, 2.05) is 0 Å². The number of nitrogens with zero attached hydrogens (tertiary/aromatic N) is 2. The fourth-order valence-corrected chi connectivity index (χ4v) is 8.80. The van der Waals surface area contributed by atoms with Gasteiger partial charge in [0.25, 0.3) is 11.8 Å². The molecule has 0 radical (unpaired) electrons. The molecule has 1 aromatic rings. The van der Waals surface area contributed by atoms with Crippen LogP contribution in [0.2, 0.25) is 0 Å². The van der Waals surface area contributed by atoms with Gasteiger partial charge in [0.1, 0.15) is 30.2 Å². The van der Waals surface area contributed by atoms with Crippen molar-refractivity contribution in [1.29, 1.82) is 0 Å². The highest BCUT2D eigenvalue weighted by atomic mass is 32.2. The van der Waals surface area contributed by atoms with Crippen molar-refractivity contribution in [3.63, 3.8) is 0 Å². The second-order valence-corrected chi connectivity index (χ2v) is 19.3. The first-order chi connectivity index (χ1) is 35.6. The number of nitrogens with one attached hydrogen (secondary N) is 8. The van der Waals surface area contributed by atoms with Gasteiger partial charge in [-0.25, -0.2) is 0 Å². The first-order valence-electron chi connectivity index (χ1n) is 24.7. The zero-order valence-corrected chi connectivity index (χ0v) is 44.6. The van der Waals surface area contributed by atoms with E-state index in [0.29, 0.717) is 45.1 Å². The molecule has 0 fully saturated rings. The Morgan fingerprint density at radius 3 is 1.52 bits per heavy atom. The lowest BCUT2D eigenvalue weighted by Crippen LogP contribution is -2.57. The first-order valence-corrected chi connectivity index (χ1v) is 27.1. The van der Waals surface area contributed by atoms with E-state index in [4.69, 9.17) is 11.5 Å². The second-order valence-electron chi connectivity index (χ2n) is 17.4. The number of hydrogen-bond donors (Lipinski definition) is 12. The highest BCUT2D eigenvalue weighted by Crippen LogP contribution is 2.36. The Bertz CT molecular complexity index is 2190. The monoisotopic (exact) mass is 1090 g/mol. The van der Waals surface area contributed by atoms with Gasteiger partial charge in [0, 0.05) is 95.1 Å². The minimum Gasteiger partial charge on any atom is -0.494 e. The summed E-state index contributed by atoms with van der Waals surface area (Å²) < 4.78 is 1.06. The maximum absolute atomic E-state index is 13.7. The molecule has 12 amide bonds. The average Bonchev–Trinajstić information content (AvgIpc) is 3.83. The molecule has 28 heteroatoms. The highest BCUT2D eigenvalue weighted by molar-refractivity contribution is 7.99. The Balaban J connectivity index is 1.96. The van der Waals surface area contributed by atoms with Gasteiger partial charge in [0.15, 0.2) is 5.88 Å². The molecule has 14 N–H and O–H groups in total. The molecule has 2 heterocycles. The SMILES string of the molecule is CCC(=O)NCCCCC(NC(=O)CC)C(=O)NC(CCCCNC(=O)CCn1c(O)cc(SCC(NC(C)=O)C(=O)NC(CCCCNC(=O)CCN2C(=O)C=CC2=O)C(=O)NC(CSC)C(N)=O)c1O)C(N)=O. The molecule has 26 nitrogen and oxygen atoms in total. The van der Waals surface area contributed by atoms with Crippen molar-refractivity contribution in [2.45, 2.75) is 146 Å². The van der Waals surface area contributed by atoms with E-state index in [1.165, 1.54) is 24.8 Å². The lowest BCUT2D eigenvalue weighted by molar-refractivity contribution is -0.137. The molecule has 0 saturated carbocycles. The summed E-state index contributed by atoms with van der Waals surface area (Å²) in [6.45, 7) is 5.02. The molecule has 75 heavy (non-hydrogen) atoms. The van der Waals surface area contributed by atoms with Gasteiger partial charge in [-0.3, -0.25) is 67.0 Å². The van der Waals surface area contributed by atoms with Crippen LogP contribution in [0.1, 0.15) is 104 Å². The Kier molecular flexibility index (Phi) is 29.7. The van der Waals surface area contributed by atoms with Crippen molar-refractivity contribution in [2.75, 3.05) is 43.9 Å². The zero-order valence-electron chi connectivity index (χ0n) is 42.9. The number of thioether (sulfide) groups is 2. The molecule has 0 aliphatic carbocycles. The quantitative estimate of drug-likeness (QED) is 0.0197. The van der Waals surface area contributed by atoms with Crippen molar-refractivity contribution in [3.05, 3.63) is 18.2 Å². The van der Waals surface area contributed by atoms with Crippen LogP contribution in [-0.4, -0.2) is 165 Å². The number of aromatic nitrogens is 1. The largest absolute Gasteiger partial charge is 0.494 e. The number of hydrogen-bond acceptors (Lipinski definition) is 16. The predicted octanol–water partition coefficient (Wildman–Crippen LogP) is -1.85. The second kappa shape index (κ2) is 34.6. The van der Waals surface area contributed by atoms with E-state index in [1.54, 1.807) is 20.1 Å². The van der Waals surface area contributed by atoms with Gasteiger partial charge in [-0.2, -0.15) is 11.8 Å². The maximum atomic E-state index is 13.7. The van der Waals surface area contributed by atoms with E-state index in [9.17, 15) is 67.7 Å². The van der Waals surface area contributed by atoms with E-state index in [-0.39, 0.29) is 99.3 Å². The average molecular weight is 1100 g/mol. The minimum atomic E-state index is -1.29. The van der Waals surface area contributed by atoms with Crippen molar-refractivity contribution >= 4 is 94.4 Å². The molecule has 1 aromatic heterocycles. The van der Waals surface area contributed by atoms with Crippen LogP contribution in [0.5, 0.6) is 11.8 Å². The van der Waals surface area contributed by atoms with E-state index in [2.05, 4.69) is 42.5 Å². The molecule has 0 bridgehead atoms. The lowest BCUT2D eigenvalue weighted by atomic mass is 10.1. The zero-order chi connectivity index (χ0) is 56.0. The van der Waals surface area contributed by atoms with Gasteiger partial charge in [-0.1, -0.05) is 13.8 Å². The van der Waals surface area contributed by atoms with Crippen LogP contribution in [0.25, 0.3) is 0 Å². The summed E-state index contributed by atoms with van der Waals surface area (Å²) in [5.74, 6) is -7.54. The fraction of sp³-hybridized carbons (Fsp3) is 0.617. The number of nitrogens with two attached hydrogens (primary N) is 2. The van der Waals surface area contributed by atoms with Gasteiger partial charge in [-0.05, 0) is 64.0 Å². The normalized spacial score (nSPS) is 13.9. The molecule has 1 aliphatic rings. The van der Waals surface area contributed by atoms with Crippen LogP contribution in [-0.2, 0) is 64.1 Å². The van der Waals surface area contributed by atoms with Gasteiger partial charge < -0.3 is 64.2 Å². The third-order valence-electron chi connectivity index (χ3n) is 11.4. The predicted molar refractivity (Wildman–Crippen MR) is 277 cm³/mol. The maximum Gasteiger partial charge on any atom is 0.253 e. The van der Waals surface area contributed by atoms with Crippen molar-refractivity contribution in [3.8, 4) is 11.8 Å². The number of imide groups is 1. The van der Waals surface area contributed by atoms with Crippen LogP contribution in [0.4, 0.5) is 0 Å². The number of primary amides is 2. The summed E-state index contributed by atoms with van der Waals surface area (Å²) in [5, 5.41) is 42.8. The Labute approximate surface area is 443 Å². The third kappa shape index (κ3) is 24.4. The van der Waals surface area contributed by atoms with E-state index >= 15 is 0 Å². The Hall–Kier alpha value is -6.84. The summed E-state index contributed by atoms with van der Waals surface area (Å²) in [4.78, 5) is 150. The van der Waals surface area contributed by atoms with E-state index < -0.39 is 101 Å². The topological polar surface area (TPSA) is 402 Å². The van der Waals surface area contributed by atoms with Crippen molar-refractivity contribution < 1.29 is 67.7 Å². The number of aromatic hydroxyl groups is 2. The van der Waals surface area contributed by atoms with Crippen LogP contribution >= 0.6 is 23.5 Å². The number of unbranched alkanes of at least 4 members (excludes halogenated alkanes) is 3. The summed E-state index contributed by atoms with van der Waals surface area (Å²) in [5.41, 5.74) is 11.1. The molecule has 0 saturated heterocycles.